The van der Waals surface area contributed by atoms with Crippen LogP contribution in [0.5, 0.6) is 5.88 Å². The molecule has 19 heavy (non-hydrogen) atoms. The van der Waals surface area contributed by atoms with Crippen molar-refractivity contribution in [2.24, 2.45) is 0 Å². The van der Waals surface area contributed by atoms with Crippen LogP contribution in [0.2, 0.25) is 0 Å². The van der Waals surface area contributed by atoms with Crippen molar-refractivity contribution in [2.45, 2.75) is 6.42 Å². The average Bonchev–Trinajstić information content (AvgIpc) is 2.37. The van der Waals surface area contributed by atoms with E-state index < -0.39 is 5.82 Å². The van der Waals surface area contributed by atoms with Crippen LogP contribution in [0.15, 0.2) is 34.8 Å². The minimum Gasteiger partial charge on any atom is -0.480 e. The molecule has 0 spiro atoms. The van der Waals surface area contributed by atoms with Crippen molar-refractivity contribution >= 4 is 21.7 Å². The maximum absolute atomic E-state index is 13.2. The largest absolute Gasteiger partial charge is 0.480 e. The molecule has 98 valence electrons. The molecule has 0 fully saturated rings. The lowest BCUT2D eigenvalue weighted by atomic mass is 10.1. The molecule has 0 N–H and O–H groups in total. The molecule has 2 aromatic rings. The van der Waals surface area contributed by atoms with E-state index in [-0.39, 0.29) is 17.9 Å². The molecule has 0 saturated heterocycles. The van der Waals surface area contributed by atoms with E-state index in [2.05, 4.69) is 26.1 Å². The summed E-state index contributed by atoms with van der Waals surface area (Å²) in [5, 5.41) is 7.48. The third-order valence-corrected chi connectivity index (χ3v) is 2.88. The summed E-state index contributed by atoms with van der Waals surface area (Å²) in [6.45, 7) is 0. The van der Waals surface area contributed by atoms with Crippen LogP contribution in [0, 0.1) is 5.82 Å². The number of halogens is 2. The normalized spacial score (nSPS) is 10.3. The quantitative estimate of drug-likeness (QED) is 0.811. The Morgan fingerprint density at radius 2 is 2.11 bits per heavy atom. The van der Waals surface area contributed by atoms with E-state index >= 15 is 0 Å². The maximum Gasteiger partial charge on any atom is 0.233 e. The molecule has 0 radical (unpaired) electrons. The van der Waals surface area contributed by atoms with E-state index in [1.807, 2.05) is 0 Å². The lowest BCUT2D eigenvalue weighted by Gasteiger charge is -2.03. The minimum atomic E-state index is -0.391. The minimum absolute atomic E-state index is 0.0668. The highest BCUT2D eigenvalue weighted by atomic mass is 79.9. The first kappa shape index (κ1) is 13.6. The first-order valence-electron chi connectivity index (χ1n) is 5.44. The van der Waals surface area contributed by atoms with E-state index in [9.17, 15) is 9.18 Å². The Morgan fingerprint density at radius 3 is 2.68 bits per heavy atom. The number of Topliss-reactive ketones (excluding diaryl/α,β-unsaturated/α-hetero) is 1. The van der Waals surface area contributed by atoms with E-state index in [1.54, 1.807) is 12.1 Å². The zero-order valence-corrected chi connectivity index (χ0v) is 11.6. The van der Waals surface area contributed by atoms with Crippen LogP contribution in [0.25, 0.3) is 0 Å². The van der Waals surface area contributed by atoms with Gasteiger partial charge in [0, 0.05) is 17.0 Å². The number of rotatable bonds is 4. The Labute approximate surface area is 117 Å². The Bertz CT molecular complexity index is 582. The predicted molar refractivity (Wildman–Crippen MR) is 70.7 cm³/mol. The molecule has 2 rings (SSSR count). The molecule has 0 aliphatic carbocycles. The van der Waals surface area contributed by atoms with Gasteiger partial charge in [0.15, 0.2) is 5.78 Å². The number of carbonyl (C=O) groups is 1. The summed E-state index contributed by atoms with van der Waals surface area (Å²) in [6, 6.07) is 7.43. The monoisotopic (exact) mass is 324 g/mol. The van der Waals surface area contributed by atoms with Gasteiger partial charge in [0.1, 0.15) is 11.5 Å². The summed E-state index contributed by atoms with van der Waals surface area (Å²) in [4.78, 5) is 12.0. The summed E-state index contributed by atoms with van der Waals surface area (Å²) < 4.78 is 18.6. The van der Waals surface area contributed by atoms with E-state index in [1.165, 1.54) is 25.3 Å². The zero-order chi connectivity index (χ0) is 13.8. The van der Waals surface area contributed by atoms with E-state index in [4.69, 9.17) is 4.74 Å². The van der Waals surface area contributed by atoms with Gasteiger partial charge in [-0.2, -0.15) is 0 Å². The first-order chi connectivity index (χ1) is 9.08. The standard InChI is InChI=1S/C13H10BrFN2O2/c1-19-13-3-2-11(16-17-13)12(18)6-8-4-9(14)7-10(15)5-8/h2-5,7H,6H2,1H3. The van der Waals surface area contributed by atoms with Gasteiger partial charge in [0.05, 0.1) is 7.11 Å². The Balaban J connectivity index is 2.15. The molecule has 4 nitrogen and oxygen atoms in total. The predicted octanol–water partition coefficient (Wildman–Crippen LogP) is 2.81. The van der Waals surface area contributed by atoms with Gasteiger partial charge >= 0.3 is 0 Å². The number of nitrogens with zero attached hydrogens (tertiary/aromatic N) is 2. The molecule has 0 aliphatic rings. The Hall–Kier alpha value is -1.82. The van der Waals surface area contributed by atoms with Crippen LogP contribution in [-0.4, -0.2) is 23.1 Å². The topological polar surface area (TPSA) is 52.1 Å². The lowest BCUT2D eigenvalue weighted by molar-refractivity contribution is 0.0987. The number of carbonyl (C=O) groups excluding carboxylic acids is 1. The maximum atomic E-state index is 13.2. The molecule has 0 aliphatic heterocycles. The van der Waals surface area contributed by atoms with E-state index in [0.29, 0.717) is 15.9 Å². The third-order valence-electron chi connectivity index (χ3n) is 2.42. The number of aromatic nitrogens is 2. The lowest BCUT2D eigenvalue weighted by Crippen LogP contribution is -2.07. The first-order valence-corrected chi connectivity index (χ1v) is 6.23. The van der Waals surface area contributed by atoms with Gasteiger partial charge in [-0.1, -0.05) is 15.9 Å². The van der Waals surface area contributed by atoms with Gasteiger partial charge in [-0.3, -0.25) is 4.79 Å². The molecular weight excluding hydrogens is 315 g/mol. The Kier molecular flexibility index (Phi) is 4.21. The van der Waals surface area contributed by atoms with Crippen LogP contribution < -0.4 is 4.74 Å². The van der Waals surface area contributed by atoms with Crippen molar-refractivity contribution in [3.05, 3.63) is 51.9 Å². The molecule has 0 amide bonds. The van der Waals surface area contributed by atoms with Gasteiger partial charge in [-0.15, -0.1) is 10.2 Å². The summed E-state index contributed by atoms with van der Waals surface area (Å²) in [5.41, 5.74) is 0.802. The van der Waals surface area contributed by atoms with Crippen LogP contribution in [0.1, 0.15) is 16.1 Å². The number of ketones is 1. The second-order valence-corrected chi connectivity index (χ2v) is 4.75. The van der Waals surface area contributed by atoms with Crippen molar-refractivity contribution in [2.75, 3.05) is 7.11 Å². The van der Waals surface area contributed by atoms with Gasteiger partial charge in [-0.25, -0.2) is 4.39 Å². The second kappa shape index (κ2) is 5.88. The average molecular weight is 325 g/mol. The molecular formula is C13H10BrFN2O2. The molecule has 6 heteroatoms. The van der Waals surface area contributed by atoms with Crippen LogP contribution >= 0.6 is 15.9 Å². The highest BCUT2D eigenvalue weighted by Gasteiger charge is 2.11. The highest BCUT2D eigenvalue weighted by Crippen LogP contribution is 2.16. The SMILES string of the molecule is COc1ccc(C(=O)Cc2cc(F)cc(Br)c2)nn1. The van der Waals surface area contributed by atoms with Crippen LogP contribution in [0.3, 0.4) is 0 Å². The summed E-state index contributed by atoms with van der Waals surface area (Å²) in [7, 11) is 1.47. The zero-order valence-electron chi connectivity index (χ0n) is 10.1. The summed E-state index contributed by atoms with van der Waals surface area (Å²) in [5.74, 6) is -0.282. The molecule has 1 aromatic heterocycles. The van der Waals surface area contributed by atoms with Crippen molar-refractivity contribution in [3.8, 4) is 5.88 Å². The van der Waals surface area contributed by atoms with Gasteiger partial charge < -0.3 is 4.74 Å². The number of methoxy groups -OCH3 is 1. The number of ether oxygens (including phenoxy) is 1. The van der Waals surface area contributed by atoms with Crippen molar-refractivity contribution in [1.29, 1.82) is 0 Å². The van der Waals surface area contributed by atoms with Crippen molar-refractivity contribution in [1.82, 2.24) is 10.2 Å². The van der Waals surface area contributed by atoms with Crippen LogP contribution in [-0.2, 0) is 6.42 Å². The molecule has 0 bridgehead atoms. The fourth-order valence-electron chi connectivity index (χ4n) is 1.57. The number of benzene rings is 1. The summed E-state index contributed by atoms with van der Waals surface area (Å²) in [6.07, 6.45) is 0.0668. The molecule has 0 saturated carbocycles. The van der Waals surface area contributed by atoms with Gasteiger partial charge in [-0.05, 0) is 29.8 Å². The van der Waals surface area contributed by atoms with Crippen LogP contribution in [0.4, 0.5) is 4.39 Å². The number of hydrogen-bond donors (Lipinski definition) is 0. The molecule has 1 aromatic carbocycles. The molecule has 1 heterocycles. The third kappa shape index (κ3) is 3.57. The Morgan fingerprint density at radius 1 is 1.32 bits per heavy atom. The fourth-order valence-corrected chi connectivity index (χ4v) is 2.08. The number of hydrogen-bond acceptors (Lipinski definition) is 4. The molecule has 0 unspecified atom stereocenters. The highest BCUT2D eigenvalue weighted by molar-refractivity contribution is 9.10. The van der Waals surface area contributed by atoms with Gasteiger partial charge in [0.25, 0.3) is 0 Å². The van der Waals surface area contributed by atoms with Crippen molar-refractivity contribution in [3.63, 3.8) is 0 Å². The second-order valence-electron chi connectivity index (χ2n) is 3.84. The van der Waals surface area contributed by atoms with Crippen molar-refractivity contribution < 1.29 is 13.9 Å². The molecule has 0 atom stereocenters. The van der Waals surface area contributed by atoms with E-state index in [0.717, 1.165) is 0 Å². The smallest absolute Gasteiger partial charge is 0.233 e. The fraction of sp³-hybridized carbons (Fsp3) is 0.154. The summed E-state index contributed by atoms with van der Waals surface area (Å²) >= 11 is 3.18. The van der Waals surface area contributed by atoms with Gasteiger partial charge in [0.2, 0.25) is 5.88 Å².